The summed E-state index contributed by atoms with van der Waals surface area (Å²) in [6.07, 6.45) is 2.04. The van der Waals surface area contributed by atoms with Crippen LogP contribution in [0.25, 0.3) is 0 Å². The Labute approximate surface area is 105 Å². The normalized spacial score (nSPS) is 11.8. The van der Waals surface area contributed by atoms with Gasteiger partial charge in [0.25, 0.3) is 0 Å². The van der Waals surface area contributed by atoms with Crippen molar-refractivity contribution < 1.29 is 8.95 Å². The van der Waals surface area contributed by atoms with E-state index in [1.165, 1.54) is 7.11 Å². The van der Waals surface area contributed by atoms with E-state index in [1.54, 1.807) is 12.1 Å². The van der Waals surface area contributed by atoms with Crippen LogP contribution in [0.4, 0.5) is 0 Å². The van der Waals surface area contributed by atoms with E-state index in [9.17, 15) is 4.21 Å². The van der Waals surface area contributed by atoms with Gasteiger partial charge in [-0.05, 0) is 24.1 Å². The minimum atomic E-state index is -0.828. The lowest BCUT2D eigenvalue weighted by Gasteiger charge is -2.06. The molecule has 0 aliphatic heterocycles. The van der Waals surface area contributed by atoms with Crippen LogP contribution in [0.1, 0.15) is 30.9 Å². The van der Waals surface area contributed by atoms with Gasteiger partial charge in [-0.3, -0.25) is 4.21 Å². The van der Waals surface area contributed by atoms with Crippen LogP contribution in [0.5, 0.6) is 5.75 Å². The van der Waals surface area contributed by atoms with Gasteiger partial charge in [0.1, 0.15) is 11.8 Å². The van der Waals surface area contributed by atoms with Gasteiger partial charge in [-0.25, -0.2) is 0 Å². The number of nitrogens with zero attached hydrogens (tertiary/aromatic N) is 1. The van der Waals surface area contributed by atoms with E-state index in [-0.39, 0.29) is 0 Å². The summed E-state index contributed by atoms with van der Waals surface area (Å²) in [5.41, 5.74) is 1.46. The molecule has 0 fully saturated rings. The number of rotatable bonds is 6. The average Bonchev–Trinajstić information content (AvgIpc) is 2.36. The summed E-state index contributed by atoms with van der Waals surface area (Å²) in [7, 11) is 0.708. The van der Waals surface area contributed by atoms with E-state index in [2.05, 4.69) is 13.0 Å². The van der Waals surface area contributed by atoms with Crippen LogP contribution < -0.4 is 4.74 Å². The zero-order valence-corrected chi connectivity index (χ0v) is 11.0. The molecule has 0 N–H and O–H groups in total. The van der Waals surface area contributed by atoms with Gasteiger partial charge < -0.3 is 4.74 Å². The van der Waals surface area contributed by atoms with Crippen LogP contribution in [0, 0.1) is 11.3 Å². The Morgan fingerprint density at radius 2 is 2.24 bits per heavy atom. The maximum Gasteiger partial charge on any atom is 0.136 e. The molecule has 4 heteroatoms. The number of methoxy groups -OCH3 is 1. The lowest BCUT2D eigenvalue weighted by molar-refractivity contribution is 0.413. The molecule has 0 amide bonds. The van der Waals surface area contributed by atoms with Crippen molar-refractivity contribution in [1.29, 1.82) is 5.26 Å². The first kappa shape index (κ1) is 13.7. The van der Waals surface area contributed by atoms with Crippen molar-refractivity contribution in [1.82, 2.24) is 0 Å². The summed E-state index contributed by atoms with van der Waals surface area (Å²) in [4.78, 5) is 0. The van der Waals surface area contributed by atoms with Gasteiger partial charge in [-0.15, -0.1) is 0 Å². The Bertz CT molecular complexity index is 438. The molecule has 1 aromatic carbocycles. The van der Waals surface area contributed by atoms with Crippen LogP contribution in [0.2, 0.25) is 0 Å². The highest BCUT2D eigenvalue weighted by molar-refractivity contribution is 7.84. The first-order valence-corrected chi connectivity index (χ1v) is 7.12. The van der Waals surface area contributed by atoms with E-state index in [0.717, 1.165) is 24.2 Å². The summed E-state index contributed by atoms with van der Waals surface area (Å²) in [5.74, 6) is 1.82. The lowest BCUT2D eigenvalue weighted by Crippen LogP contribution is -2.01. The van der Waals surface area contributed by atoms with Crippen molar-refractivity contribution in [3.63, 3.8) is 0 Å². The smallest absolute Gasteiger partial charge is 0.136 e. The summed E-state index contributed by atoms with van der Waals surface area (Å²) in [6, 6.07) is 7.41. The van der Waals surface area contributed by atoms with E-state index < -0.39 is 10.8 Å². The van der Waals surface area contributed by atoms with Crippen molar-refractivity contribution in [3.8, 4) is 11.8 Å². The van der Waals surface area contributed by atoms with Crippen molar-refractivity contribution in [2.45, 2.75) is 25.5 Å². The van der Waals surface area contributed by atoms with Crippen molar-refractivity contribution in [3.05, 3.63) is 29.3 Å². The van der Waals surface area contributed by atoms with E-state index in [4.69, 9.17) is 10.00 Å². The zero-order chi connectivity index (χ0) is 12.7. The van der Waals surface area contributed by atoms with Gasteiger partial charge in [0.05, 0.1) is 12.7 Å². The Hall–Kier alpha value is -1.34. The van der Waals surface area contributed by atoms with Crippen LogP contribution in [0.15, 0.2) is 18.2 Å². The monoisotopic (exact) mass is 251 g/mol. The standard InChI is InChI=1S/C13H17NO2S/c1-3-4-7-17(15)10-11-5-6-12(9-14)13(8-11)16-2/h5-6,8H,3-4,7,10H2,1-2H3. The van der Waals surface area contributed by atoms with Gasteiger partial charge in [0.2, 0.25) is 0 Å². The molecule has 17 heavy (non-hydrogen) atoms. The van der Waals surface area contributed by atoms with Gasteiger partial charge >= 0.3 is 0 Å². The molecular formula is C13H17NO2S. The number of benzene rings is 1. The Balaban J connectivity index is 2.73. The number of hydrogen-bond acceptors (Lipinski definition) is 3. The summed E-state index contributed by atoms with van der Waals surface area (Å²) >= 11 is 0. The van der Waals surface area contributed by atoms with Crippen LogP contribution in [-0.2, 0) is 16.6 Å². The maximum atomic E-state index is 11.7. The Morgan fingerprint density at radius 3 is 2.82 bits per heavy atom. The first-order chi connectivity index (χ1) is 8.21. The van der Waals surface area contributed by atoms with Crippen LogP contribution >= 0.6 is 0 Å². The third kappa shape index (κ3) is 4.20. The van der Waals surface area contributed by atoms with Crippen LogP contribution in [0.3, 0.4) is 0 Å². The molecule has 0 aliphatic carbocycles. The quantitative estimate of drug-likeness (QED) is 0.781. The van der Waals surface area contributed by atoms with E-state index in [1.807, 2.05) is 6.07 Å². The van der Waals surface area contributed by atoms with Gasteiger partial charge in [-0.2, -0.15) is 5.26 Å². The topological polar surface area (TPSA) is 50.1 Å². The largest absolute Gasteiger partial charge is 0.495 e. The first-order valence-electron chi connectivity index (χ1n) is 5.63. The minimum Gasteiger partial charge on any atom is -0.495 e. The maximum absolute atomic E-state index is 11.7. The van der Waals surface area contributed by atoms with Gasteiger partial charge in [0, 0.05) is 22.3 Å². The average molecular weight is 251 g/mol. The minimum absolute atomic E-state index is 0.510. The predicted molar refractivity (Wildman–Crippen MR) is 69.3 cm³/mol. The Morgan fingerprint density at radius 1 is 1.47 bits per heavy atom. The molecule has 0 radical (unpaired) electrons. The Kier molecular flexibility index (Phi) is 5.71. The second-order valence-corrected chi connectivity index (χ2v) is 5.36. The molecule has 0 bridgehead atoms. The molecule has 0 spiro atoms. The molecule has 1 unspecified atom stereocenters. The highest BCUT2D eigenvalue weighted by Crippen LogP contribution is 2.20. The molecule has 0 saturated carbocycles. The number of ether oxygens (including phenoxy) is 1. The number of unbranched alkanes of at least 4 members (excludes halogenated alkanes) is 1. The molecule has 1 rings (SSSR count). The molecule has 0 aliphatic rings. The lowest BCUT2D eigenvalue weighted by atomic mass is 10.1. The van der Waals surface area contributed by atoms with Gasteiger partial charge in [-0.1, -0.05) is 19.4 Å². The zero-order valence-electron chi connectivity index (χ0n) is 10.2. The van der Waals surface area contributed by atoms with E-state index in [0.29, 0.717) is 17.1 Å². The second kappa shape index (κ2) is 7.08. The molecular weight excluding hydrogens is 234 g/mol. The highest BCUT2D eigenvalue weighted by atomic mass is 32.2. The third-order valence-electron chi connectivity index (χ3n) is 2.44. The number of hydrogen-bond donors (Lipinski definition) is 0. The fourth-order valence-electron chi connectivity index (χ4n) is 1.48. The molecule has 0 heterocycles. The predicted octanol–water partition coefficient (Wildman–Crippen LogP) is 2.62. The highest BCUT2D eigenvalue weighted by Gasteiger charge is 2.06. The van der Waals surface area contributed by atoms with Crippen LogP contribution in [-0.4, -0.2) is 17.1 Å². The molecule has 1 atom stereocenters. The molecule has 3 nitrogen and oxygen atoms in total. The molecule has 92 valence electrons. The SMILES string of the molecule is CCCCS(=O)Cc1ccc(C#N)c(OC)c1. The summed E-state index contributed by atoms with van der Waals surface area (Å²) in [6.45, 7) is 2.09. The molecule has 0 saturated heterocycles. The van der Waals surface area contributed by atoms with Gasteiger partial charge in [0.15, 0.2) is 0 Å². The van der Waals surface area contributed by atoms with Crippen molar-refractivity contribution in [2.75, 3.05) is 12.9 Å². The van der Waals surface area contributed by atoms with E-state index >= 15 is 0 Å². The van der Waals surface area contributed by atoms with Crippen molar-refractivity contribution >= 4 is 10.8 Å². The fourth-order valence-corrected chi connectivity index (χ4v) is 2.79. The molecule has 0 aromatic heterocycles. The van der Waals surface area contributed by atoms with Crippen molar-refractivity contribution in [2.24, 2.45) is 0 Å². The summed E-state index contributed by atoms with van der Waals surface area (Å²) in [5, 5.41) is 8.85. The fraction of sp³-hybridized carbons (Fsp3) is 0.462. The third-order valence-corrected chi connectivity index (χ3v) is 3.84. The molecule has 1 aromatic rings. The second-order valence-electron chi connectivity index (χ2n) is 3.79. The number of nitriles is 1. The summed E-state index contributed by atoms with van der Waals surface area (Å²) < 4.78 is 16.8.